The second-order valence-corrected chi connectivity index (χ2v) is 5.23. The lowest BCUT2D eigenvalue weighted by atomic mass is 10.4. The summed E-state index contributed by atoms with van der Waals surface area (Å²) in [7, 11) is 0. The Morgan fingerprint density at radius 2 is 1.91 bits per heavy atom. The van der Waals surface area contributed by atoms with Gasteiger partial charge in [-0.25, -0.2) is 4.98 Å². The maximum absolute atomic E-state index is 12.4. The Kier molecular flexibility index (Phi) is 5.43. The molecule has 1 N–H and O–H groups in total. The molecule has 23 heavy (non-hydrogen) atoms. The van der Waals surface area contributed by atoms with Gasteiger partial charge in [-0.05, 0) is 32.5 Å². The van der Waals surface area contributed by atoms with E-state index in [0.29, 0.717) is 19.0 Å². The number of nitrogens with zero attached hydrogens (tertiary/aromatic N) is 6. The first-order chi connectivity index (χ1) is 11.0. The average molecular weight is 336 g/mol. The molecule has 0 atom stereocenters. The van der Waals surface area contributed by atoms with Crippen molar-refractivity contribution < 1.29 is 5.11 Å². The largest absolute Gasteiger partial charge is 0.493 e. The Bertz CT molecular complexity index is 833. The minimum Gasteiger partial charge on any atom is -0.493 e. The third kappa shape index (κ3) is 3.24. The normalized spacial score (nSPS) is 11.4. The summed E-state index contributed by atoms with van der Waals surface area (Å²) < 4.78 is 4.93. The second-order valence-electron chi connectivity index (χ2n) is 4.87. The number of imidazole rings is 1. The van der Waals surface area contributed by atoms with Crippen LogP contribution in [0.2, 0.25) is 0 Å². The maximum Gasteiger partial charge on any atom is 0.286 e. The molecule has 0 aliphatic rings. The van der Waals surface area contributed by atoms with Crippen molar-refractivity contribution in [2.75, 3.05) is 0 Å². The summed E-state index contributed by atoms with van der Waals surface area (Å²) in [5.41, 5.74) is -0.592. The van der Waals surface area contributed by atoms with E-state index in [-0.39, 0.29) is 16.3 Å². The molecule has 0 amide bonds. The maximum atomic E-state index is 12.4. The molecule has 0 saturated heterocycles. The van der Waals surface area contributed by atoms with Crippen LogP contribution in [0.25, 0.3) is 0 Å². The number of aromatic nitrogens is 4. The molecule has 2 aromatic rings. The number of rotatable bonds is 6. The highest BCUT2D eigenvalue weighted by molar-refractivity contribution is 7.71. The predicted molar refractivity (Wildman–Crippen MR) is 89.2 cm³/mol. The molecule has 2 aromatic heterocycles. The van der Waals surface area contributed by atoms with E-state index in [2.05, 4.69) is 15.2 Å². The summed E-state index contributed by atoms with van der Waals surface area (Å²) in [6.07, 6.45) is 4.33. The van der Waals surface area contributed by atoms with E-state index in [1.54, 1.807) is 12.4 Å². The van der Waals surface area contributed by atoms with Crippen LogP contribution in [-0.4, -0.2) is 23.8 Å². The molecule has 0 aromatic carbocycles. The fourth-order valence-electron chi connectivity index (χ4n) is 2.24. The zero-order chi connectivity index (χ0) is 17.0. The van der Waals surface area contributed by atoms with Gasteiger partial charge in [0, 0.05) is 32.0 Å². The molecule has 9 heteroatoms. The molecule has 124 valence electrons. The van der Waals surface area contributed by atoms with Gasteiger partial charge in [-0.2, -0.15) is 0 Å². The summed E-state index contributed by atoms with van der Waals surface area (Å²) in [5, 5.41) is 18.2. The van der Waals surface area contributed by atoms with Crippen LogP contribution < -0.4 is 5.56 Å². The Labute approximate surface area is 138 Å². The van der Waals surface area contributed by atoms with E-state index in [1.165, 1.54) is 9.13 Å². The van der Waals surface area contributed by atoms with Crippen molar-refractivity contribution in [1.29, 1.82) is 0 Å². The monoisotopic (exact) mass is 336 g/mol. The van der Waals surface area contributed by atoms with E-state index >= 15 is 0 Å². The minimum atomic E-state index is -0.461. The predicted octanol–water partition coefficient (Wildman–Crippen LogP) is 3.15. The van der Waals surface area contributed by atoms with Crippen LogP contribution in [0.1, 0.15) is 27.2 Å². The summed E-state index contributed by atoms with van der Waals surface area (Å²) in [5.74, 6) is 0.115. The van der Waals surface area contributed by atoms with Crippen molar-refractivity contribution in [2.24, 2.45) is 10.2 Å². The molecular weight excluding hydrogens is 316 g/mol. The van der Waals surface area contributed by atoms with Gasteiger partial charge in [0.1, 0.15) is 0 Å². The summed E-state index contributed by atoms with van der Waals surface area (Å²) in [6, 6.07) is 0. The van der Waals surface area contributed by atoms with Gasteiger partial charge in [-0.1, -0.05) is 6.92 Å². The van der Waals surface area contributed by atoms with Crippen LogP contribution in [0.3, 0.4) is 0 Å². The Hall–Kier alpha value is -2.29. The number of azo groups is 1. The lowest BCUT2D eigenvalue weighted by molar-refractivity contribution is 0.402. The standard InChI is InChI=1S/C14H20N6O2S/c1-4-8-18-9-7-15-13(18)17-16-10-11(21)19(5-2)14(23)20(6-3)12(10)22/h7,9,21H,4-6,8H2,1-3H3. The van der Waals surface area contributed by atoms with Crippen molar-refractivity contribution in [2.45, 2.75) is 46.8 Å². The Morgan fingerprint density at radius 3 is 2.52 bits per heavy atom. The number of hydrogen-bond acceptors (Lipinski definition) is 6. The quantitative estimate of drug-likeness (QED) is 0.648. The van der Waals surface area contributed by atoms with Gasteiger partial charge in [0.25, 0.3) is 5.56 Å². The van der Waals surface area contributed by atoms with Gasteiger partial charge in [0.15, 0.2) is 4.77 Å². The van der Waals surface area contributed by atoms with E-state index in [9.17, 15) is 9.90 Å². The highest BCUT2D eigenvalue weighted by Gasteiger charge is 2.15. The fraction of sp³-hybridized carbons (Fsp3) is 0.500. The molecule has 8 nitrogen and oxygen atoms in total. The van der Waals surface area contributed by atoms with Gasteiger partial charge >= 0.3 is 0 Å². The first-order valence-corrected chi connectivity index (χ1v) is 7.95. The molecule has 0 unspecified atom stereocenters. The first kappa shape index (κ1) is 17.1. The molecule has 0 saturated carbocycles. The van der Waals surface area contributed by atoms with Gasteiger partial charge in [0.2, 0.25) is 17.5 Å². The highest BCUT2D eigenvalue weighted by Crippen LogP contribution is 2.24. The average Bonchev–Trinajstić information content (AvgIpc) is 2.96. The van der Waals surface area contributed by atoms with Crippen LogP contribution >= 0.6 is 12.2 Å². The number of hydrogen-bond donors (Lipinski definition) is 1. The molecule has 2 heterocycles. The van der Waals surface area contributed by atoms with E-state index in [1.807, 2.05) is 25.3 Å². The van der Waals surface area contributed by atoms with Gasteiger partial charge in [0.05, 0.1) is 0 Å². The summed E-state index contributed by atoms with van der Waals surface area (Å²) >= 11 is 5.22. The van der Waals surface area contributed by atoms with Crippen molar-refractivity contribution in [3.63, 3.8) is 0 Å². The summed E-state index contributed by atoms with van der Waals surface area (Å²) in [4.78, 5) is 16.5. The zero-order valence-electron chi connectivity index (χ0n) is 13.4. The van der Waals surface area contributed by atoms with Crippen LogP contribution in [0, 0.1) is 4.77 Å². The van der Waals surface area contributed by atoms with E-state index in [4.69, 9.17) is 12.2 Å². The van der Waals surface area contributed by atoms with Crippen LogP contribution in [-0.2, 0) is 19.6 Å². The molecule has 0 aliphatic carbocycles. The highest BCUT2D eigenvalue weighted by atomic mass is 32.1. The topological polar surface area (TPSA) is 89.7 Å². The van der Waals surface area contributed by atoms with Crippen LogP contribution in [0.5, 0.6) is 5.88 Å². The Balaban J connectivity index is 2.55. The molecule has 0 radical (unpaired) electrons. The lowest BCUT2D eigenvalue weighted by Crippen LogP contribution is -2.24. The molecule has 0 bridgehead atoms. The minimum absolute atomic E-state index is 0.131. The number of aryl methyl sites for hydroxylation is 1. The molecule has 2 rings (SSSR count). The molecule has 0 aliphatic heterocycles. The molecule has 0 spiro atoms. The van der Waals surface area contributed by atoms with Crippen molar-refractivity contribution >= 4 is 23.9 Å². The van der Waals surface area contributed by atoms with E-state index in [0.717, 1.165) is 13.0 Å². The van der Waals surface area contributed by atoms with Crippen molar-refractivity contribution in [3.05, 3.63) is 27.5 Å². The molecular formula is C14H20N6O2S. The van der Waals surface area contributed by atoms with Crippen molar-refractivity contribution in [3.8, 4) is 5.88 Å². The Morgan fingerprint density at radius 1 is 1.22 bits per heavy atom. The van der Waals surface area contributed by atoms with Crippen LogP contribution in [0.15, 0.2) is 27.4 Å². The fourth-order valence-corrected chi connectivity index (χ4v) is 2.67. The first-order valence-electron chi connectivity index (χ1n) is 7.54. The second kappa shape index (κ2) is 7.32. The van der Waals surface area contributed by atoms with Gasteiger partial charge in [-0.15, -0.1) is 10.2 Å². The molecule has 0 fully saturated rings. The van der Waals surface area contributed by atoms with Gasteiger partial charge < -0.3 is 9.67 Å². The van der Waals surface area contributed by atoms with Gasteiger partial charge in [-0.3, -0.25) is 13.9 Å². The SMILES string of the molecule is CCCn1ccnc1N=Nc1c(O)n(CC)c(=S)n(CC)c1=O. The van der Waals surface area contributed by atoms with Crippen LogP contribution in [0.4, 0.5) is 11.6 Å². The smallest absolute Gasteiger partial charge is 0.286 e. The van der Waals surface area contributed by atoms with E-state index < -0.39 is 5.56 Å². The number of aromatic hydroxyl groups is 1. The zero-order valence-corrected chi connectivity index (χ0v) is 14.2. The third-order valence-electron chi connectivity index (χ3n) is 3.41. The third-order valence-corrected chi connectivity index (χ3v) is 3.85. The summed E-state index contributed by atoms with van der Waals surface area (Å²) in [6.45, 7) is 7.25. The van der Waals surface area contributed by atoms with Crippen molar-refractivity contribution in [1.82, 2.24) is 18.7 Å². The lowest BCUT2D eigenvalue weighted by Gasteiger charge is -2.12.